The lowest BCUT2D eigenvalue weighted by Gasteiger charge is -2.39. The lowest BCUT2D eigenvalue weighted by molar-refractivity contribution is -0.131. The fraction of sp³-hybridized carbons (Fsp3) is 0.283. The fourth-order valence-electron chi connectivity index (χ4n) is 10.0. The molecule has 0 bridgehead atoms. The maximum absolute atomic E-state index is 15.5. The molecule has 1 amide bonds. The van der Waals surface area contributed by atoms with E-state index in [0.29, 0.717) is 66.1 Å². The summed E-state index contributed by atoms with van der Waals surface area (Å²) in [6, 6.07) is 49.4. The molecule has 2 fully saturated rings. The normalized spacial score (nSPS) is 19.5. The van der Waals surface area contributed by atoms with Crippen LogP contribution in [0, 0.1) is 0 Å². The number of halogens is 1. The first kappa shape index (κ1) is 42.2. The zero-order valence-corrected chi connectivity index (χ0v) is 37.7. The quantitative estimate of drug-likeness (QED) is 0.0778. The molecule has 4 aliphatic rings. The maximum Gasteiger partial charge on any atom is 0.495 e. The smallest absolute Gasteiger partial charge is 0.456 e. The molecule has 6 aromatic rings. The molecule has 64 heavy (non-hydrogen) atoms. The molecule has 6 aromatic carbocycles. The lowest BCUT2D eigenvalue weighted by Crippen LogP contribution is -2.49. The number of esters is 1. The van der Waals surface area contributed by atoms with Gasteiger partial charge in [-0.3, -0.25) is 4.79 Å². The van der Waals surface area contributed by atoms with Crippen molar-refractivity contribution in [3.8, 4) is 11.5 Å². The second-order valence-corrected chi connectivity index (χ2v) is 21.8. The zero-order chi connectivity index (χ0) is 44.3. The summed E-state index contributed by atoms with van der Waals surface area (Å²) in [6.45, 7) is 9.41. The fourth-order valence-corrected chi connectivity index (χ4v) is 14.4. The van der Waals surface area contributed by atoms with Gasteiger partial charge in [-0.25, -0.2) is 9.18 Å². The van der Waals surface area contributed by atoms with Gasteiger partial charge in [0.25, 0.3) is 0 Å². The SMILES string of the molecule is CC1(C)OB(c2ccc3c(c2CF)Oc2cc(N4CCN(C(=O)CCC[P+](c5ccccc5)(c5ccccc5)c5ccccc5)CC4)ccc2C32OC(=O)c3ccccc32)OC1(C)C. The van der Waals surface area contributed by atoms with E-state index in [1.54, 1.807) is 6.07 Å². The molecule has 1 unspecified atom stereocenters. The summed E-state index contributed by atoms with van der Waals surface area (Å²) in [5, 5.41) is 3.95. The topological polar surface area (TPSA) is 77.5 Å². The van der Waals surface area contributed by atoms with Crippen molar-refractivity contribution in [3.05, 3.63) is 173 Å². The zero-order valence-electron chi connectivity index (χ0n) is 36.8. The van der Waals surface area contributed by atoms with Gasteiger partial charge in [-0.05, 0) is 94.2 Å². The van der Waals surface area contributed by atoms with Crippen molar-refractivity contribution in [1.82, 2.24) is 4.90 Å². The first-order valence-corrected chi connectivity index (χ1v) is 24.2. The summed E-state index contributed by atoms with van der Waals surface area (Å²) in [5.41, 5.74) is 1.40. The summed E-state index contributed by atoms with van der Waals surface area (Å²) >= 11 is 0. The minimum absolute atomic E-state index is 0.164. The summed E-state index contributed by atoms with van der Waals surface area (Å²) in [7, 11) is -2.86. The average Bonchev–Trinajstić information content (AvgIpc) is 3.74. The standard InChI is InChI=1S/C53H52BFN2O6P/c1-51(2)52(3,4)63-54(62-51)46-29-28-45-49(42(46)36-55)60-47-35-37(26-27-44(47)53(45)43-24-15-14-23-41(43)50(59)61-53)56-30-32-57(33-31-56)48(58)25-16-34-64(38-17-8-5-9-18-38,39-19-10-6-11-20-39)40-21-12-7-13-22-40/h5-15,17-24,26-29,35H,16,25,30-34,36H2,1-4H3/q+1. The van der Waals surface area contributed by atoms with Crippen molar-refractivity contribution in [2.75, 3.05) is 37.2 Å². The highest BCUT2D eigenvalue weighted by atomic mass is 31.2. The van der Waals surface area contributed by atoms with Crippen LogP contribution in [0.15, 0.2) is 146 Å². The largest absolute Gasteiger partial charge is 0.495 e. The second-order valence-electron chi connectivity index (χ2n) is 18.1. The van der Waals surface area contributed by atoms with Crippen molar-refractivity contribution >= 4 is 53.3 Å². The van der Waals surface area contributed by atoms with Crippen molar-refractivity contribution in [2.45, 2.75) is 64.0 Å². The molecule has 4 heterocycles. The van der Waals surface area contributed by atoms with Gasteiger partial charge in [-0.1, -0.05) is 84.9 Å². The minimum Gasteiger partial charge on any atom is -0.456 e. The minimum atomic E-state index is -2.04. The number of piperazine rings is 1. The van der Waals surface area contributed by atoms with E-state index in [9.17, 15) is 9.59 Å². The van der Waals surface area contributed by atoms with E-state index in [2.05, 4.69) is 95.9 Å². The lowest BCUT2D eigenvalue weighted by atomic mass is 9.71. The highest BCUT2D eigenvalue weighted by molar-refractivity contribution is 7.95. The monoisotopic (exact) mass is 873 g/mol. The number of anilines is 1. The summed E-state index contributed by atoms with van der Waals surface area (Å²) in [6.07, 6.45) is 2.12. The molecular weight excluding hydrogens is 821 g/mol. The summed E-state index contributed by atoms with van der Waals surface area (Å²) in [4.78, 5) is 31.8. The second kappa shape index (κ2) is 16.3. The predicted octanol–water partition coefficient (Wildman–Crippen LogP) is 8.45. The van der Waals surface area contributed by atoms with Crippen LogP contribution in [0.25, 0.3) is 0 Å². The van der Waals surface area contributed by atoms with Crippen LogP contribution in [-0.2, 0) is 31.1 Å². The van der Waals surface area contributed by atoms with Gasteiger partial charge in [0.1, 0.15) is 41.3 Å². The van der Waals surface area contributed by atoms with E-state index in [0.717, 1.165) is 18.3 Å². The summed E-state index contributed by atoms with van der Waals surface area (Å²) < 4.78 is 41.5. The Morgan fingerprint density at radius 3 is 1.84 bits per heavy atom. The van der Waals surface area contributed by atoms with Gasteiger partial charge in [-0.2, -0.15) is 0 Å². The third-order valence-corrected chi connectivity index (χ3v) is 18.6. The van der Waals surface area contributed by atoms with E-state index in [-0.39, 0.29) is 17.2 Å². The Morgan fingerprint density at radius 2 is 1.25 bits per heavy atom. The number of rotatable bonds is 10. The number of hydrogen-bond donors (Lipinski definition) is 0. The number of hydrogen-bond acceptors (Lipinski definition) is 7. The molecule has 0 saturated carbocycles. The molecule has 10 rings (SSSR count). The van der Waals surface area contributed by atoms with Crippen LogP contribution in [0.3, 0.4) is 0 Å². The van der Waals surface area contributed by atoms with Gasteiger partial charge in [-0.15, -0.1) is 0 Å². The van der Waals surface area contributed by atoms with Gasteiger partial charge in [0.15, 0.2) is 5.60 Å². The van der Waals surface area contributed by atoms with Crippen molar-refractivity contribution in [2.24, 2.45) is 0 Å². The van der Waals surface area contributed by atoms with Gasteiger partial charge in [0, 0.05) is 66.6 Å². The Kier molecular flexibility index (Phi) is 10.8. The number of alkyl halides is 1. The Bertz CT molecular complexity index is 2620. The molecule has 2 saturated heterocycles. The Labute approximate surface area is 375 Å². The average molecular weight is 874 g/mol. The molecule has 0 aromatic heterocycles. The van der Waals surface area contributed by atoms with Crippen LogP contribution in [0.1, 0.15) is 73.1 Å². The van der Waals surface area contributed by atoms with Gasteiger partial charge in [0.2, 0.25) is 5.91 Å². The molecule has 11 heteroatoms. The molecule has 4 aliphatic heterocycles. The molecule has 324 valence electrons. The Hall–Kier alpha value is -5.80. The number of nitrogens with zero attached hydrogens (tertiary/aromatic N) is 2. The van der Waals surface area contributed by atoms with Crippen molar-refractivity contribution < 1.29 is 32.8 Å². The molecule has 0 N–H and O–H groups in total. The van der Waals surface area contributed by atoms with Crippen LogP contribution in [0.2, 0.25) is 0 Å². The highest BCUT2D eigenvalue weighted by Crippen LogP contribution is 2.58. The molecule has 1 spiro atoms. The van der Waals surface area contributed by atoms with Crippen LogP contribution in [0.5, 0.6) is 11.5 Å². The van der Waals surface area contributed by atoms with Crippen molar-refractivity contribution in [1.29, 1.82) is 0 Å². The number of benzene rings is 6. The van der Waals surface area contributed by atoms with Crippen molar-refractivity contribution in [3.63, 3.8) is 0 Å². The van der Waals surface area contributed by atoms with E-state index in [1.807, 2.05) is 81.1 Å². The van der Waals surface area contributed by atoms with Crippen LogP contribution in [0.4, 0.5) is 10.1 Å². The first-order valence-electron chi connectivity index (χ1n) is 22.3. The number of amides is 1. The third kappa shape index (κ3) is 6.84. The molecule has 0 aliphatic carbocycles. The van der Waals surface area contributed by atoms with E-state index in [4.69, 9.17) is 18.8 Å². The Balaban J connectivity index is 0.902. The molecule has 0 radical (unpaired) electrons. The van der Waals surface area contributed by atoms with Gasteiger partial charge < -0.3 is 28.6 Å². The maximum atomic E-state index is 15.5. The Morgan fingerprint density at radius 1 is 0.688 bits per heavy atom. The summed E-state index contributed by atoms with van der Waals surface area (Å²) in [5.74, 6) is 0.467. The number of carbonyl (C=O) groups excluding carboxylic acids is 2. The van der Waals surface area contributed by atoms with E-state index < -0.39 is 43.8 Å². The predicted molar refractivity (Wildman–Crippen MR) is 253 cm³/mol. The van der Waals surface area contributed by atoms with Crippen LogP contribution < -0.4 is 31.0 Å². The molecule has 1 atom stereocenters. The first-order chi connectivity index (χ1) is 31.0. The number of fused-ring (bicyclic) bond motifs is 6. The van der Waals surface area contributed by atoms with Crippen LogP contribution >= 0.6 is 7.26 Å². The van der Waals surface area contributed by atoms with E-state index in [1.165, 1.54) is 15.9 Å². The van der Waals surface area contributed by atoms with E-state index >= 15 is 4.39 Å². The third-order valence-electron chi connectivity index (χ3n) is 14.1. The van der Waals surface area contributed by atoms with Gasteiger partial charge >= 0.3 is 13.1 Å². The molecule has 8 nitrogen and oxygen atoms in total. The van der Waals surface area contributed by atoms with Crippen LogP contribution in [-0.4, -0.2) is 67.4 Å². The highest BCUT2D eigenvalue weighted by Gasteiger charge is 2.56. The molecular formula is C53H52BFN2O6P+. The number of ether oxygens (including phenoxy) is 2. The number of carbonyl (C=O) groups is 2. The van der Waals surface area contributed by atoms with Gasteiger partial charge in [0.05, 0.1) is 22.9 Å².